The number of aromatic nitrogens is 2. The maximum atomic E-state index is 5.93. The molecule has 6 heteroatoms. The average Bonchev–Trinajstić information content (AvgIpc) is 3.41. The molecule has 1 aliphatic heterocycles. The summed E-state index contributed by atoms with van der Waals surface area (Å²) in [6, 6.07) is 14.8. The van der Waals surface area contributed by atoms with E-state index in [0.717, 1.165) is 30.4 Å². The minimum absolute atomic E-state index is 0.243. The van der Waals surface area contributed by atoms with E-state index in [0.29, 0.717) is 5.89 Å². The second kappa shape index (κ2) is 8.61. The van der Waals surface area contributed by atoms with Crippen molar-refractivity contribution in [1.29, 1.82) is 0 Å². The Morgan fingerprint density at radius 1 is 1.07 bits per heavy atom. The van der Waals surface area contributed by atoms with Gasteiger partial charge in [0.25, 0.3) is 11.8 Å². The van der Waals surface area contributed by atoms with Gasteiger partial charge in [-0.25, -0.2) is 0 Å². The molecule has 1 atom stereocenters. The number of benzene rings is 1. The van der Waals surface area contributed by atoms with Gasteiger partial charge in [0, 0.05) is 0 Å². The molecule has 3 aromatic rings. The van der Waals surface area contributed by atoms with Crippen LogP contribution in [-0.4, -0.2) is 42.9 Å². The Morgan fingerprint density at radius 2 is 1.89 bits per heavy atom. The highest BCUT2D eigenvalue weighted by molar-refractivity contribution is 7.13. The maximum absolute atomic E-state index is 5.93. The molecule has 0 aliphatic carbocycles. The van der Waals surface area contributed by atoms with E-state index in [4.69, 9.17) is 4.42 Å². The number of quaternary nitrogens is 2. The highest BCUT2D eigenvalue weighted by Gasteiger charge is 2.30. The Hall–Kier alpha value is -2.28. The fourth-order valence-electron chi connectivity index (χ4n) is 3.57. The first-order valence-electron chi connectivity index (χ1n) is 9.56. The molecule has 27 heavy (non-hydrogen) atoms. The average molecular weight is 383 g/mol. The molecule has 2 N–H and O–H groups in total. The molecular weight excluding hydrogens is 356 g/mol. The summed E-state index contributed by atoms with van der Waals surface area (Å²) in [5.74, 6) is 1.39. The van der Waals surface area contributed by atoms with E-state index in [2.05, 4.69) is 59.6 Å². The van der Waals surface area contributed by atoms with Crippen molar-refractivity contribution in [2.75, 3.05) is 32.7 Å². The first-order chi connectivity index (χ1) is 13.3. The quantitative estimate of drug-likeness (QED) is 0.677. The molecule has 1 aliphatic rings. The Bertz CT molecular complexity index is 851. The van der Waals surface area contributed by atoms with Crippen LogP contribution in [0, 0.1) is 0 Å². The largest absolute Gasteiger partial charge is 0.414 e. The minimum Gasteiger partial charge on any atom is -0.414 e. The van der Waals surface area contributed by atoms with Crippen LogP contribution in [0.4, 0.5) is 0 Å². The molecule has 1 saturated heterocycles. The minimum atomic E-state index is 0.243. The van der Waals surface area contributed by atoms with Crippen LogP contribution in [0.2, 0.25) is 0 Å². The SMILES string of the molecule is C[C@H](c1nnc(-c2cccs2)o1)[NH+]1CC[NH+](C/C=C/c2ccccc2)CC1. The molecule has 0 amide bonds. The van der Waals surface area contributed by atoms with Crippen molar-refractivity contribution in [3.8, 4) is 10.8 Å². The van der Waals surface area contributed by atoms with Gasteiger partial charge in [-0.1, -0.05) is 42.5 Å². The lowest BCUT2D eigenvalue weighted by Crippen LogP contribution is -3.28. The molecule has 0 unspecified atom stereocenters. The van der Waals surface area contributed by atoms with Crippen LogP contribution in [-0.2, 0) is 0 Å². The van der Waals surface area contributed by atoms with E-state index in [1.54, 1.807) is 16.2 Å². The first-order valence-corrected chi connectivity index (χ1v) is 10.4. The molecular formula is C21H26N4OS+2. The number of piperazine rings is 1. The van der Waals surface area contributed by atoms with Gasteiger partial charge in [-0.15, -0.1) is 21.5 Å². The smallest absolute Gasteiger partial charge is 0.274 e. The Labute approximate surface area is 163 Å². The van der Waals surface area contributed by atoms with Gasteiger partial charge in [0.1, 0.15) is 26.2 Å². The number of hydrogen-bond acceptors (Lipinski definition) is 4. The Kier molecular flexibility index (Phi) is 5.77. The fourth-order valence-corrected chi connectivity index (χ4v) is 4.22. The molecule has 5 nitrogen and oxygen atoms in total. The molecule has 2 aromatic heterocycles. The van der Waals surface area contributed by atoms with Gasteiger partial charge < -0.3 is 14.2 Å². The molecule has 140 valence electrons. The van der Waals surface area contributed by atoms with Crippen LogP contribution in [0.15, 0.2) is 58.3 Å². The summed E-state index contributed by atoms with van der Waals surface area (Å²) in [5.41, 5.74) is 1.27. The molecule has 4 rings (SSSR count). The first kappa shape index (κ1) is 18.1. The van der Waals surface area contributed by atoms with E-state index in [1.165, 1.54) is 23.6 Å². The van der Waals surface area contributed by atoms with Crippen molar-refractivity contribution < 1.29 is 14.2 Å². The topological polar surface area (TPSA) is 47.8 Å². The second-order valence-corrected chi connectivity index (χ2v) is 8.02. The van der Waals surface area contributed by atoms with E-state index in [-0.39, 0.29) is 6.04 Å². The highest BCUT2D eigenvalue weighted by Crippen LogP contribution is 2.24. The fraction of sp³-hybridized carbons (Fsp3) is 0.333. The predicted octanol–water partition coefficient (Wildman–Crippen LogP) is 1.36. The van der Waals surface area contributed by atoms with Crippen LogP contribution in [0.1, 0.15) is 24.4 Å². The van der Waals surface area contributed by atoms with Crippen LogP contribution >= 0.6 is 11.3 Å². The summed E-state index contributed by atoms with van der Waals surface area (Å²) in [5, 5.41) is 10.6. The van der Waals surface area contributed by atoms with Crippen LogP contribution in [0.5, 0.6) is 0 Å². The van der Waals surface area contributed by atoms with E-state index < -0.39 is 0 Å². The lowest BCUT2D eigenvalue weighted by Gasteiger charge is -2.31. The third kappa shape index (κ3) is 4.53. The van der Waals surface area contributed by atoms with E-state index in [1.807, 2.05) is 17.5 Å². The summed E-state index contributed by atoms with van der Waals surface area (Å²) in [6.07, 6.45) is 4.52. The van der Waals surface area contributed by atoms with Gasteiger partial charge in [0.15, 0.2) is 6.04 Å². The number of rotatable bonds is 6. The third-order valence-electron chi connectivity index (χ3n) is 5.27. The van der Waals surface area contributed by atoms with Crippen LogP contribution in [0.25, 0.3) is 16.8 Å². The van der Waals surface area contributed by atoms with Crippen molar-refractivity contribution in [2.45, 2.75) is 13.0 Å². The second-order valence-electron chi connectivity index (χ2n) is 7.07. The number of nitrogens with one attached hydrogen (secondary N) is 2. The van der Waals surface area contributed by atoms with E-state index in [9.17, 15) is 0 Å². The summed E-state index contributed by atoms with van der Waals surface area (Å²) < 4.78 is 5.93. The van der Waals surface area contributed by atoms with Gasteiger partial charge in [0.05, 0.1) is 11.4 Å². The monoisotopic (exact) mass is 382 g/mol. The van der Waals surface area contributed by atoms with Crippen molar-refractivity contribution in [1.82, 2.24) is 10.2 Å². The van der Waals surface area contributed by atoms with Crippen LogP contribution in [0.3, 0.4) is 0 Å². The van der Waals surface area contributed by atoms with E-state index >= 15 is 0 Å². The lowest BCUT2D eigenvalue weighted by molar-refractivity contribution is -1.02. The lowest BCUT2D eigenvalue weighted by atomic mass is 10.2. The molecule has 1 aromatic carbocycles. The Morgan fingerprint density at radius 3 is 2.63 bits per heavy atom. The summed E-state index contributed by atoms with van der Waals surface area (Å²) in [6.45, 7) is 7.88. The zero-order valence-corrected chi connectivity index (χ0v) is 16.4. The van der Waals surface area contributed by atoms with Crippen molar-refractivity contribution in [3.63, 3.8) is 0 Å². The van der Waals surface area contributed by atoms with Gasteiger partial charge in [-0.2, -0.15) is 0 Å². The van der Waals surface area contributed by atoms with Crippen LogP contribution < -0.4 is 9.80 Å². The van der Waals surface area contributed by atoms with Gasteiger partial charge in [-0.05, 0) is 30.0 Å². The normalized spacial score (nSPS) is 21.5. The number of nitrogens with zero attached hydrogens (tertiary/aromatic N) is 2. The highest BCUT2D eigenvalue weighted by atomic mass is 32.1. The number of hydrogen-bond donors (Lipinski definition) is 2. The standard InChI is InChI=1S/C21H24N4OS/c1-17(20-22-23-21(26-20)19-10-6-16-27-19)25-14-12-24(13-15-25)11-5-9-18-7-3-2-4-8-18/h2-10,16-17H,11-15H2,1H3/p+2/b9-5+/t17-/m1/s1. The number of thiophene rings is 1. The Balaban J connectivity index is 1.28. The summed E-state index contributed by atoms with van der Waals surface area (Å²) in [4.78, 5) is 4.21. The zero-order valence-electron chi connectivity index (χ0n) is 15.6. The maximum Gasteiger partial charge on any atom is 0.274 e. The van der Waals surface area contributed by atoms with Gasteiger partial charge >= 0.3 is 0 Å². The van der Waals surface area contributed by atoms with Crippen molar-refractivity contribution in [3.05, 3.63) is 65.4 Å². The molecule has 0 radical (unpaired) electrons. The van der Waals surface area contributed by atoms with Gasteiger partial charge in [-0.3, -0.25) is 0 Å². The summed E-state index contributed by atoms with van der Waals surface area (Å²) >= 11 is 1.63. The van der Waals surface area contributed by atoms with Crippen molar-refractivity contribution >= 4 is 17.4 Å². The predicted molar refractivity (Wildman–Crippen MR) is 108 cm³/mol. The molecule has 0 spiro atoms. The molecule has 0 bridgehead atoms. The van der Waals surface area contributed by atoms with Gasteiger partial charge in [0.2, 0.25) is 0 Å². The summed E-state index contributed by atoms with van der Waals surface area (Å²) in [7, 11) is 0. The third-order valence-corrected chi connectivity index (χ3v) is 6.13. The zero-order chi connectivity index (χ0) is 18.5. The molecule has 0 saturated carbocycles. The van der Waals surface area contributed by atoms with Crippen molar-refractivity contribution in [2.24, 2.45) is 0 Å². The molecule has 3 heterocycles. The molecule has 1 fully saturated rings.